The Morgan fingerprint density at radius 1 is 1.56 bits per heavy atom. The van der Waals surface area contributed by atoms with Crippen LogP contribution in [0.4, 0.5) is 0 Å². The first-order valence-corrected chi connectivity index (χ1v) is 6.67. The molecule has 3 heteroatoms. The average Bonchev–Trinajstić information content (AvgIpc) is 2.61. The van der Waals surface area contributed by atoms with Crippen molar-refractivity contribution in [2.75, 3.05) is 0 Å². The van der Waals surface area contributed by atoms with Gasteiger partial charge in [-0.3, -0.25) is 4.79 Å². The van der Waals surface area contributed by atoms with Crippen molar-refractivity contribution in [3.63, 3.8) is 0 Å². The summed E-state index contributed by atoms with van der Waals surface area (Å²) in [6.07, 6.45) is 7.03. The molecule has 0 spiro atoms. The average molecular weight is 266 g/mol. The van der Waals surface area contributed by atoms with E-state index in [0.29, 0.717) is 12.0 Å². The fraction of sp³-hybridized carbons (Fsp3) is 0.533. The second-order valence-corrected chi connectivity index (χ2v) is 5.26. The molecule has 0 aromatic carbocycles. The van der Waals surface area contributed by atoms with E-state index in [1.807, 2.05) is 19.9 Å². The van der Waals surface area contributed by atoms with Gasteiger partial charge in [0.15, 0.2) is 5.78 Å². The molecule has 0 radical (unpaired) electrons. The van der Waals surface area contributed by atoms with Crippen LogP contribution in [-0.4, -0.2) is 15.7 Å². The van der Waals surface area contributed by atoms with Crippen LogP contribution in [0.5, 0.6) is 0 Å². The minimum absolute atomic E-state index is 0.0217. The Hall–Kier alpha value is -1.20. The number of rotatable bonds is 5. The molecule has 2 atom stereocenters. The lowest BCUT2D eigenvalue weighted by molar-refractivity contribution is 0.0991. The van der Waals surface area contributed by atoms with E-state index in [1.165, 1.54) is 0 Å². The molecule has 0 saturated carbocycles. The number of halogens is 1. The van der Waals surface area contributed by atoms with Crippen molar-refractivity contribution in [3.8, 4) is 12.3 Å². The summed E-state index contributed by atoms with van der Waals surface area (Å²) in [5, 5.41) is -0.494. The van der Waals surface area contributed by atoms with Crippen molar-refractivity contribution in [3.05, 3.63) is 23.0 Å². The number of alkyl halides is 1. The summed E-state index contributed by atoms with van der Waals surface area (Å²) in [4.78, 5) is 12.0. The quantitative estimate of drug-likeness (QED) is 0.450. The maximum Gasteiger partial charge on any atom is 0.182 e. The molecule has 0 fully saturated rings. The van der Waals surface area contributed by atoms with Crippen molar-refractivity contribution >= 4 is 17.4 Å². The number of terminal acetylenes is 1. The molecule has 1 heterocycles. The first-order chi connectivity index (χ1) is 8.43. The Morgan fingerprint density at radius 2 is 2.17 bits per heavy atom. The Bertz CT molecular complexity index is 479. The Balaban J connectivity index is 3.23. The molecule has 1 aromatic heterocycles. The third kappa shape index (κ3) is 2.79. The van der Waals surface area contributed by atoms with Gasteiger partial charge in [-0.2, -0.15) is 0 Å². The van der Waals surface area contributed by atoms with Crippen LogP contribution in [-0.2, 0) is 0 Å². The Kier molecular flexibility index (Phi) is 5.04. The van der Waals surface area contributed by atoms with Crippen molar-refractivity contribution in [1.29, 1.82) is 0 Å². The number of aromatic nitrogens is 1. The number of Topliss-reactive ketones (excluding diaryl/α,β-unsaturated/α-hetero) is 1. The minimum Gasteiger partial charge on any atom is -0.344 e. The third-order valence-electron chi connectivity index (χ3n) is 3.30. The first-order valence-electron chi connectivity index (χ1n) is 6.24. The summed E-state index contributed by atoms with van der Waals surface area (Å²) in [7, 11) is 0. The van der Waals surface area contributed by atoms with Crippen LogP contribution < -0.4 is 0 Å². The van der Waals surface area contributed by atoms with Crippen LogP contribution in [0.3, 0.4) is 0 Å². The van der Waals surface area contributed by atoms with Gasteiger partial charge in [0, 0.05) is 29.4 Å². The van der Waals surface area contributed by atoms with Gasteiger partial charge in [0.1, 0.15) is 0 Å². The molecule has 0 N–H and O–H groups in total. The van der Waals surface area contributed by atoms with Crippen LogP contribution >= 0.6 is 11.6 Å². The summed E-state index contributed by atoms with van der Waals surface area (Å²) in [5.74, 6) is 2.68. The maximum atomic E-state index is 12.0. The number of nitrogens with zero attached hydrogens (tertiary/aromatic N) is 1. The van der Waals surface area contributed by atoms with Crippen LogP contribution in [0, 0.1) is 26.2 Å². The van der Waals surface area contributed by atoms with E-state index >= 15 is 0 Å². The highest BCUT2D eigenvalue weighted by atomic mass is 35.5. The summed E-state index contributed by atoms with van der Waals surface area (Å²) < 4.78 is 2.16. The number of hydrogen-bond donors (Lipinski definition) is 0. The summed E-state index contributed by atoms with van der Waals surface area (Å²) in [6.45, 7) is 7.77. The molecule has 0 aliphatic rings. The van der Waals surface area contributed by atoms with E-state index in [9.17, 15) is 4.79 Å². The molecule has 98 valence electrons. The number of carbonyl (C=O) groups is 1. The highest BCUT2D eigenvalue weighted by Crippen LogP contribution is 2.26. The molecule has 0 saturated heterocycles. The van der Waals surface area contributed by atoms with Crippen molar-refractivity contribution < 1.29 is 4.79 Å². The van der Waals surface area contributed by atoms with Gasteiger partial charge < -0.3 is 4.57 Å². The number of hydrogen-bond acceptors (Lipinski definition) is 1. The second kappa shape index (κ2) is 6.11. The number of aryl methyl sites for hydroxylation is 1. The van der Waals surface area contributed by atoms with E-state index in [-0.39, 0.29) is 11.8 Å². The zero-order valence-electron chi connectivity index (χ0n) is 11.5. The first kappa shape index (κ1) is 14.9. The smallest absolute Gasteiger partial charge is 0.182 e. The molecule has 1 rings (SSSR count). The number of ketones is 1. The lowest BCUT2D eigenvalue weighted by Crippen LogP contribution is -2.14. The van der Waals surface area contributed by atoms with E-state index < -0.39 is 5.38 Å². The van der Waals surface area contributed by atoms with Gasteiger partial charge in [0.05, 0.1) is 5.38 Å². The van der Waals surface area contributed by atoms with Gasteiger partial charge in [-0.15, -0.1) is 23.9 Å². The summed E-state index contributed by atoms with van der Waals surface area (Å²) >= 11 is 5.88. The van der Waals surface area contributed by atoms with Crippen LogP contribution in [0.1, 0.15) is 54.5 Å². The SMILES string of the molecule is C#CCC(CC)n1c(C)cc(C(=O)C(C)Cl)c1C. The summed E-state index contributed by atoms with van der Waals surface area (Å²) in [5.41, 5.74) is 2.74. The lowest BCUT2D eigenvalue weighted by Gasteiger charge is -2.19. The predicted octanol–water partition coefficient (Wildman–Crippen LogP) is 3.89. The molecule has 2 unspecified atom stereocenters. The van der Waals surface area contributed by atoms with Crippen LogP contribution in [0.25, 0.3) is 0 Å². The maximum absolute atomic E-state index is 12.0. The molecule has 18 heavy (non-hydrogen) atoms. The van der Waals surface area contributed by atoms with E-state index in [2.05, 4.69) is 17.4 Å². The molecule has 2 nitrogen and oxygen atoms in total. The van der Waals surface area contributed by atoms with E-state index in [4.69, 9.17) is 18.0 Å². The topological polar surface area (TPSA) is 22.0 Å². The van der Waals surface area contributed by atoms with Gasteiger partial charge in [-0.1, -0.05) is 6.92 Å². The monoisotopic (exact) mass is 265 g/mol. The molecular formula is C15H20ClNO. The fourth-order valence-corrected chi connectivity index (χ4v) is 2.47. The van der Waals surface area contributed by atoms with Crippen LogP contribution in [0.2, 0.25) is 0 Å². The normalized spacial score (nSPS) is 14.0. The standard InChI is InChI=1S/C15H20ClNO/c1-6-8-13(7-2)17-10(3)9-14(12(17)5)15(18)11(4)16/h1,9,11,13H,7-8H2,2-5H3. The number of carbonyl (C=O) groups excluding carboxylic acids is 1. The third-order valence-corrected chi connectivity index (χ3v) is 3.50. The minimum atomic E-state index is -0.494. The highest BCUT2D eigenvalue weighted by Gasteiger charge is 2.21. The molecular weight excluding hydrogens is 246 g/mol. The van der Waals surface area contributed by atoms with E-state index in [1.54, 1.807) is 6.92 Å². The van der Waals surface area contributed by atoms with Gasteiger partial charge in [-0.05, 0) is 33.3 Å². The molecule has 0 aliphatic carbocycles. The second-order valence-electron chi connectivity index (χ2n) is 4.61. The molecule has 0 amide bonds. The van der Waals surface area contributed by atoms with Crippen LogP contribution in [0.15, 0.2) is 6.07 Å². The highest BCUT2D eigenvalue weighted by molar-refractivity contribution is 6.33. The molecule has 0 bridgehead atoms. The zero-order valence-corrected chi connectivity index (χ0v) is 12.2. The van der Waals surface area contributed by atoms with Crippen molar-refractivity contribution in [1.82, 2.24) is 4.57 Å². The lowest BCUT2D eigenvalue weighted by atomic mass is 10.1. The van der Waals surface area contributed by atoms with Crippen molar-refractivity contribution in [2.45, 2.75) is 52.0 Å². The van der Waals surface area contributed by atoms with Crippen molar-refractivity contribution in [2.24, 2.45) is 0 Å². The Labute approximate surface area is 114 Å². The van der Waals surface area contributed by atoms with E-state index in [0.717, 1.165) is 17.8 Å². The largest absolute Gasteiger partial charge is 0.344 e. The van der Waals surface area contributed by atoms with Gasteiger partial charge in [-0.25, -0.2) is 0 Å². The molecule has 1 aromatic rings. The Morgan fingerprint density at radius 3 is 2.61 bits per heavy atom. The predicted molar refractivity (Wildman–Crippen MR) is 76.3 cm³/mol. The summed E-state index contributed by atoms with van der Waals surface area (Å²) in [6, 6.07) is 2.16. The zero-order chi connectivity index (χ0) is 13.9. The fourth-order valence-electron chi connectivity index (χ4n) is 2.36. The van der Waals surface area contributed by atoms with Gasteiger partial charge in [0.2, 0.25) is 0 Å². The van der Waals surface area contributed by atoms with Gasteiger partial charge >= 0.3 is 0 Å². The molecule has 0 aliphatic heterocycles. The van der Waals surface area contributed by atoms with Gasteiger partial charge in [0.25, 0.3) is 0 Å².